The Kier molecular flexibility index (Phi) is 3.39. The van der Waals surface area contributed by atoms with Crippen LogP contribution in [-0.2, 0) is 0 Å². The van der Waals surface area contributed by atoms with Crippen LogP contribution in [-0.4, -0.2) is 4.83 Å². The van der Waals surface area contributed by atoms with Crippen LogP contribution in [0.5, 0.6) is 0 Å². The summed E-state index contributed by atoms with van der Waals surface area (Å²) in [4.78, 5) is 0.518. The first kappa shape index (κ1) is 11.1. The Hall–Kier alpha value is -0.440. The van der Waals surface area contributed by atoms with Crippen molar-refractivity contribution in [3.63, 3.8) is 0 Å². The lowest BCUT2D eigenvalue weighted by atomic mass is 9.84. The standard InChI is InChI=1S/C12H13BrF2/c13-10-3-1-2-8(6-10)9-4-5-11(14)12(15)7-9/h4-5,7-8,10H,1-3,6H2. The van der Waals surface area contributed by atoms with E-state index in [2.05, 4.69) is 15.9 Å². The summed E-state index contributed by atoms with van der Waals surface area (Å²) < 4.78 is 25.8. The Morgan fingerprint density at radius 3 is 2.60 bits per heavy atom. The zero-order valence-electron chi connectivity index (χ0n) is 8.35. The van der Waals surface area contributed by atoms with E-state index in [-0.39, 0.29) is 0 Å². The average Bonchev–Trinajstić information content (AvgIpc) is 2.22. The molecular weight excluding hydrogens is 262 g/mol. The van der Waals surface area contributed by atoms with Crippen LogP contribution < -0.4 is 0 Å². The van der Waals surface area contributed by atoms with Crippen molar-refractivity contribution in [3.8, 4) is 0 Å². The number of benzene rings is 1. The van der Waals surface area contributed by atoms with Crippen molar-refractivity contribution in [3.05, 3.63) is 35.4 Å². The van der Waals surface area contributed by atoms with Gasteiger partial charge in [-0.3, -0.25) is 0 Å². The molecule has 1 aliphatic carbocycles. The first-order valence-electron chi connectivity index (χ1n) is 5.26. The van der Waals surface area contributed by atoms with E-state index < -0.39 is 11.6 Å². The zero-order valence-corrected chi connectivity index (χ0v) is 9.94. The molecule has 0 heterocycles. The molecule has 1 fully saturated rings. The number of rotatable bonds is 1. The Labute approximate surface area is 96.8 Å². The van der Waals surface area contributed by atoms with Crippen LogP contribution in [0.4, 0.5) is 8.78 Å². The molecule has 1 saturated carbocycles. The van der Waals surface area contributed by atoms with E-state index in [1.165, 1.54) is 18.6 Å². The second-order valence-electron chi connectivity index (χ2n) is 4.13. The minimum absolute atomic E-state index is 0.373. The summed E-state index contributed by atoms with van der Waals surface area (Å²) in [5.74, 6) is -1.12. The van der Waals surface area contributed by atoms with Crippen LogP contribution in [0.25, 0.3) is 0 Å². The fraction of sp³-hybridized carbons (Fsp3) is 0.500. The largest absolute Gasteiger partial charge is 0.204 e. The molecule has 1 aromatic carbocycles. The third-order valence-corrected chi connectivity index (χ3v) is 3.86. The van der Waals surface area contributed by atoms with Crippen molar-refractivity contribution in [1.82, 2.24) is 0 Å². The van der Waals surface area contributed by atoms with E-state index in [1.807, 2.05) is 0 Å². The summed E-state index contributed by atoms with van der Waals surface area (Å²) in [5.41, 5.74) is 0.929. The summed E-state index contributed by atoms with van der Waals surface area (Å²) in [6, 6.07) is 4.27. The first-order valence-corrected chi connectivity index (χ1v) is 6.17. The lowest BCUT2D eigenvalue weighted by molar-refractivity contribution is 0.451. The van der Waals surface area contributed by atoms with Crippen LogP contribution in [0.3, 0.4) is 0 Å². The molecule has 15 heavy (non-hydrogen) atoms. The minimum atomic E-state index is -0.759. The van der Waals surface area contributed by atoms with E-state index in [1.54, 1.807) is 6.07 Å². The fourth-order valence-corrected chi connectivity index (χ4v) is 2.97. The van der Waals surface area contributed by atoms with Gasteiger partial charge >= 0.3 is 0 Å². The van der Waals surface area contributed by atoms with Crippen molar-refractivity contribution in [2.75, 3.05) is 0 Å². The summed E-state index contributed by atoms with van der Waals surface area (Å²) in [7, 11) is 0. The van der Waals surface area contributed by atoms with Crippen LogP contribution in [0.15, 0.2) is 18.2 Å². The third-order valence-electron chi connectivity index (χ3n) is 3.03. The molecule has 0 aliphatic heterocycles. The maximum Gasteiger partial charge on any atom is 0.159 e. The van der Waals surface area contributed by atoms with Crippen LogP contribution in [0.2, 0.25) is 0 Å². The molecule has 0 spiro atoms. The summed E-state index contributed by atoms with van der Waals surface area (Å²) in [6.07, 6.45) is 4.43. The SMILES string of the molecule is Fc1ccc(C2CCCC(Br)C2)cc1F. The van der Waals surface area contributed by atoms with Crippen molar-refractivity contribution in [1.29, 1.82) is 0 Å². The number of hydrogen-bond donors (Lipinski definition) is 0. The maximum absolute atomic E-state index is 13.0. The minimum Gasteiger partial charge on any atom is -0.204 e. The lowest BCUT2D eigenvalue weighted by Crippen LogP contribution is -2.13. The van der Waals surface area contributed by atoms with Gasteiger partial charge in [0, 0.05) is 4.83 Å². The molecule has 0 radical (unpaired) electrons. The van der Waals surface area contributed by atoms with Gasteiger partial charge in [0.1, 0.15) is 0 Å². The van der Waals surface area contributed by atoms with Crippen LogP contribution in [0.1, 0.15) is 37.2 Å². The second kappa shape index (κ2) is 4.60. The van der Waals surface area contributed by atoms with E-state index in [9.17, 15) is 8.78 Å². The number of halogens is 3. The van der Waals surface area contributed by atoms with E-state index in [4.69, 9.17) is 0 Å². The lowest BCUT2D eigenvalue weighted by Gasteiger charge is -2.25. The molecule has 3 heteroatoms. The quantitative estimate of drug-likeness (QED) is 0.667. The predicted octanol–water partition coefficient (Wildman–Crippen LogP) is 4.39. The number of alkyl halides is 1. The fourth-order valence-electron chi connectivity index (χ4n) is 2.20. The van der Waals surface area contributed by atoms with Crippen molar-refractivity contribution < 1.29 is 8.78 Å². The normalized spacial score (nSPS) is 26.6. The van der Waals surface area contributed by atoms with Gasteiger partial charge in [-0.05, 0) is 42.9 Å². The highest BCUT2D eigenvalue weighted by molar-refractivity contribution is 9.09. The maximum atomic E-state index is 13.0. The van der Waals surface area contributed by atoms with Gasteiger partial charge in [0.2, 0.25) is 0 Å². The van der Waals surface area contributed by atoms with Gasteiger partial charge in [0.05, 0.1) is 0 Å². The Balaban J connectivity index is 2.18. The Morgan fingerprint density at radius 2 is 1.93 bits per heavy atom. The van der Waals surface area contributed by atoms with Gasteiger partial charge < -0.3 is 0 Å². The van der Waals surface area contributed by atoms with Crippen molar-refractivity contribution in [2.45, 2.75) is 36.4 Å². The molecule has 82 valence electrons. The van der Waals surface area contributed by atoms with Gasteiger partial charge in [-0.1, -0.05) is 28.4 Å². The van der Waals surface area contributed by atoms with Gasteiger partial charge in [0.25, 0.3) is 0 Å². The van der Waals surface area contributed by atoms with Gasteiger partial charge in [-0.25, -0.2) is 8.78 Å². The summed E-state index contributed by atoms with van der Waals surface area (Å²) in [6.45, 7) is 0. The molecule has 1 aliphatic rings. The van der Waals surface area contributed by atoms with Gasteiger partial charge in [-0.2, -0.15) is 0 Å². The molecule has 2 atom stereocenters. The highest BCUT2D eigenvalue weighted by Gasteiger charge is 2.22. The zero-order chi connectivity index (χ0) is 10.8. The topological polar surface area (TPSA) is 0 Å². The predicted molar refractivity (Wildman–Crippen MR) is 60.3 cm³/mol. The molecule has 0 aromatic heterocycles. The smallest absolute Gasteiger partial charge is 0.159 e. The van der Waals surface area contributed by atoms with Gasteiger partial charge in [-0.15, -0.1) is 0 Å². The highest BCUT2D eigenvalue weighted by Crippen LogP contribution is 2.36. The molecule has 0 nitrogen and oxygen atoms in total. The van der Waals surface area contributed by atoms with E-state index in [0.717, 1.165) is 24.8 Å². The number of hydrogen-bond acceptors (Lipinski definition) is 0. The average molecular weight is 275 g/mol. The van der Waals surface area contributed by atoms with Gasteiger partial charge in [0.15, 0.2) is 11.6 Å². The first-order chi connectivity index (χ1) is 7.16. The third kappa shape index (κ3) is 2.57. The molecule has 2 unspecified atom stereocenters. The molecule has 1 aromatic rings. The van der Waals surface area contributed by atoms with Crippen LogP contribution in [0, 0.1) is 11.6 Å². The van der Waals surface area contributed by atoms with Crippen molar-refractivity contribution >= 4 is 15.9 Å². The summed E-state index contributed by atoms with van der Waals surface area (Å²) >= 11 is 3.59. The van der Waals surface area contributed by atoms with Crippen LogP contribution >= 0.6 is 15.9 Å². The highest BCUT2D eigenvalue weighted by atomic mass is 79.9. The molecular formula is C12H13BrF2. The summed E-state index contributed by atoms with van der Waals surface area (Å²) in [5, 5.41) is 0. The Morgan fingerprint density at radius 1 is 1.13 bits per heavy atom. The Bertz CT molecular complexity index is 351. The molecule has 2 rings (SSSR count). The molecule has 0 amide bonds. The second-order valence-corrected chi connectivity index (χ2v) is 5.43. The molecule has 0 saturated heterocycles. The monoisotopic (exact) mass is 274 g/mol. The molecule has 0 N–H and O–H groups in total. The van der Waals surface area contributed by atoms with E-state index >= 15 is 0 Å². The molecule has 0 bridgehead atoms. The van der Waals surface area contributed by atoms with Crippen molar-refractivity contribution in [2.24, 2.45) is 0 Å². The van der Waals surface area contributed by atoms with E-state index in [0.29, 0.717) is 10.7 Å².